The molecule has 3 rings (SSSR count). The van der Waals surface area contributed by atoms with Crippen LogP contribution in [0.1, 0.15) is 26.2 Å². The zero-order valence-corrected chi connectivity index (χ0v) is 17.7. The molecule has 1 saturated heterocycles. The molecule has 28 heavy (non-hydrogen) atoms. The van der Waals surface area contributed by atoms with E-state index in [1.807, 2.05) is 17.6 Å². The maximum Gasteiger partial charge on any atom is 0.243 e. The van der Waals surface area contributed by atoms with E-state index in [9.17, 15) is 13.2 Å². The molecule has 7 nitrogen and oxygen atoms in total. The number of nitrogens with one attached hydrogen (secondary N) is 1. The van der Waals surface area contributed by atoms with Gasteiger partial charge in [-0.2, -0.15) is 4.31 Å². The van der Waals surface area contributed by atoms with Gasteiger partial charge < -0.3 is 9.88 Å². The molecule has 152 valence electrons. The van der Waals surface area contributed by atoms with Gasteiger partial charge in [0.1, 0.15) is 0 Å². The van der Waals surface area contributed by atoms with Crippen molar-refractivity contribution >= 4 is 38.7 Å². The lowest BCUT2D eigenvalue weighted by atomic mass is 10.2. The standard InChI is InChI=1S/C19H26N4O3S2/c1-3-10-20-18(24)14-27-19-21-16-13-15(8-9-17(16)23(19)4-2)28(25,26)22-11-6-5-7-12-22/h3,8-9,13H,1,4-7,10-12,14H2,2H3,(H,20,24). The minimum Gasteiger partial charge on any atom is -0.352 e. The third-order valence-electron chi connectivity index (χ3n) is 4.73. The molecule has 1 fully saturated rings. The number of thioether (sulfide) groups is 1. The first-order valence-electron chi connectivity index (χ1n) is 9.48. The number of amides is 1. The Morgan fingerprint density at radius 1 is 1.32 bits per heavy atom. The molecule has 0 saturated carbocycles. The van der Waals surface area contributed by atoms with Crippen LogP contribution in [0, 0.1) is 0 Å². The van der Waals surface area contributed by atoms with Crippen molar-refractivity contribution in [2.45, 2.75) is 42.8 Å². The summed E-state index contributed by atoms with van der Waals surface area (Å²) in [5.41, 5.74) is 1.50. The summed E-state index contributed by atoms with van der Waals surface area (Å²) in [7, 11) is -3.50. The lowest BCUT2D eigenvalue weighted by Crippen LogP contribution is -2.35. The van der Waals surface area contributed by atoms with Gasteiger partial charge in [0.05, 0.1) is 21.7 Å². The highest BCUT2D eigenvalue weighted by Crippen LogP contribution is 2.28. The molecule has 2 aromatic rings. The fourth-order valence-corrected chi connectivity index (χ4v) is 5.73. The summed E-state index contributed by atoms with van der Waals surface area (Å²) in [6.07, 6.45) is 4.52. The molecule has 1 aliphatic rings. The number of hydrogen-bond acceptors (Lipinski definition) is 5. The fraction of sp³-hybridized carbons (Fsp3) is 0.474. The molecule has 0 radical (unpaired) electrons. The Bertz CT molecular complexity index is 963. The molecule has 2 heterocycles. The number of carbonyl (C=O) groups excluding carboxylic acids is 1. The van der Waals surface area contributed by atoms with Crippen LogP contribution in [0.5, 0.6) is 0 Å². The molecule has 0 spiro atoms. The first-order valence-corrected chi connectivity index (χ1v) is 11.9. The molecule has 1 aromatic heterocycles. The van der Waals surface area contributed by atoms with Gasteiger partial charge in [-0.1, -0.05) is 24.3 Å². The van der Waals surface area contributed by atoms with Crippen molar-refractivity contribution in [2.24, 2.45) is 0 Å². The minimum atomic E-state index is -3.50. The number of piperidine rings is 1. The summed E-state index contributed by atoms with van der Waals surface area (Å²) >= 11 is 1.34. The van der Waals surface area contributed by atoms with Gasteiger partial charge in [0, 0.05) is 26.2 Å². The number of hydrogen-bond donors (Lipinski definition) is 1. The molecular formula is C19H26N4O3S2. The Morgan fingerprint density at radius 2 is 2.07 bits per heavy atom. The Hall–Kier alpha value is -1.84. The fourth-order valence-electron chi connectivity index (χ4n) is 3.29. The topological polar surface area (TPSA) is 84.3 Å². The Labute approximate surface area is 170 Å². The number of carbonyl (C=O) groups is 1. The highest BCUT2D eigenvalue weighted by molar-refractivity contribution is 7.99. The second-order valence-electron chi connectivity index (χ2n) is 6.64. The average Bonchev–Trinajstić information content (AvgIpc) is 3.08. The normalized spacial score (nSPS) is 15.6. The number of sulfonamides is 1. The van der Waals surface area contributed by atoms with Gasteiger partial charge >= 0.3 is 0 Å². The number of nitrogens with zero attached hydrogens (tertiary/aromatic N) is 3. The second kappa shape index (κ2) is 9.11. The van der Waals surface area contributed by atoms with E-state index < -0.39 is 10.0 Å². The lowest BCUT2D eigenvalue weighted by molar-refractivity contribution is -0.118. The smallest absolute Gasteiger partial charge is 0.243 e. The van der Waals surface area contributed by atoms with Gasteiger partial charge in [0.25, 0.3) is 0 Å². The zero-order chi connectivity index (χ0) is 20.1. The predicted molar refractivity (Wildman–Crippen MR) is 112 cm³/mol. The van der Waals surface area contributed by atoms with Crippen LogP contribution < -0.4 is 5.32 Å². The van der Waals surface area contributed by atoms with Gasteiger partial charge in [0.15, 0.2) is 5.16 Å². The van der Waals surface area contributed by atoms with Crippen molar-refractivity contribution in [2.75, 3.05) is 25.4 Å². The van der Waals surface area contributed by atoms with Crippen molar-refractivity contribution in [1.29, 1.82) is 0 Å². The van der Waals surface area contributed by atoms with E-state index in [1.165, 1.54) is 11.8 Å². The SMILES string of the molecule is C=CCNC(=O)CSc1nc2cc(S(=O)(=O)N3CCCCC3)ccc2n1CC. The van der Waals surface area contributed by atoms with Crippen molar-refractivity contribution < 1.29 is 13.2 Å². The maximum absolute atomic E-state index is 12.9. The van der Waals surface area contributed by atoms with Gasteiger partial charge in [-0.05, 0) is 38.0 Å². The van der Waals surface area contributed by atoms with Crippen LogP contribution in [0.3, 0.4) is 0 Å². The lowest BCUT2D eigenvalue weighted by Gasteiger charge is -2.25. The molecule has 9 heteroatoms. The van der Waals surface area contributed by atoms with Crippen molar-refractivity contribution in [1.82, 2.24) is 19.2 Å². The Balaban J connectivity index is 1.86. The van der Waals surface area contributed by atoms with Crippen LogP contribution in [0.4, 0.5) is 0 Å². The van der Waals surface area contributed by atoms with Crippen LogP contribution in [0.15, 0.2) is 40.9 Å². The van der Waals surface area contributed by atoms with Gasteiger partial charge in [0.2, 0.25) is 15.9 Å². The van der Waals surface area contributed by atoms with E-state index in [4.69, 9.17) is 0 Å². The summed E-state index contributed by atoms with van der Waals surface area (Å²) in [5, 5.41) is 3.45. The van der Waals surface area contributed by atoms with Gasteiger partial charge in [-0.25, -0.2) is 13.4 Å². The zero-order valence-electron chi connectivity index (χ0n) is 16.1. The predicted octanol–water partition coefficient (Wildman–Crippen LogP) is 2.63. The number of aryl methyl sites for hydroxylation is 1. The average molecular weight is 423 g/mol. The largest absolute Gasteiger partial charge is 0.352 e. The molecular weight excluding hydrogens is 396 g/mol. The van der Waals surface area contributed by atoms with Crippen LogP contribution in [0.2, 0.25) is 0 Å². The van der Waals surface area contributed by atoms with E-state index in [0.717, 1.165) is 24.8 Å². The summed E-state index contributed by atoms with van der Waals surface area (Å²) in [6, 6.07) is 5.11. The summed E-state index contributed by atoms with van der Waals surface area (Å²) < 4.78 is 29.4. The van der Waals surface area contributed by atoms with Crippen LogP contribution in [-0.4, -0.2) is 53.6 Å². The van der Waals surface area contributed by atoms with E-state index >= 15 is 0 Å². The quantitative estimate of drug-likeness (QED) is 0.522. The molecule has 0 aliphatic carbocycles. The monoisotopic (exact) mass is 422 g/mol. The minimum absolute atomic E-state index is 0.0898. The highest BCUT2D eigenvalue weighted by Gasteiger charge is 2.26. The number of rotatable bonds is 8. The third kappa shape index (κ3) is 4.42. The molecule has 0 bridgehead atoms. The van der Waals surface area contributed by atoms with E-state index in [1.54, 1.807) is 22.5 Å². The summed E-state index contributed by atoms with van der Waals surface area (Å²) in [4.78, 5) is 16.7. The highest BCUT2D eigenvalue weighted by atomic mass is 32.2. The molecule has 0 unspecified atom stereocenters. The molecule has 1 aromatic carbocycles. The summed E-state index contributed by atoms with van der Waals surface area (Å²) in [6.45, 7) is 7.85. The van der Waals surface area contributed by atoms with Crippen LogP contribution in [-0.2, 0) is 21.4 Å². The molecule has 1 N–H and O–H groups in total. The van der Waals surface area contributed by atoms with E-state index in [-0.39, 0.29) is 16.6 Å². The third-order valence-corrected chi connectivity index (χ3v) is 7.60. The number of aromatic nitrogens is 2. The number of fused-ring (bicyclic) bond motifs is 1. The first-order chi connectivity index (χ1) is 13.5. The maximum atomic E-state index is 12.9. The number of imidazole rings is 1. The first kappa shape index (κ1) is 20.9. The van der Waals surface area contributed by atoms with Crippen molar-refractivity contribution in [3.05, 3.63) is 30.9 Å². The van der Waals surface area contributed by atoms with Crippen LogP contribution >= 0.6 is 11.8 Å². The van der Waals surface area contributed by atoms with Gasteiger partial charge in [-0.3, -0.25) is 4.79 Å². The van der Waals surface area contributed by atoms with Gasteiger partial charge in [-0.15, -0.1) is 6.58 Å². The van der Waals surface area contributed by atoms with Crippen LogP contribution in [0.25, 0.3) is 11.0 Å². The summed E-state index contributed by atoms with van der Waals surface area (Å²) in [5.74, 6) is 0.156. The molecule has 0 atom stereocenters. The van der Waals surface area contributed by atoms with Crippen molar-refractivity contribution in [3.63, 3.8) is 0 Å². The van der Waals surface area contributed by atoms with Crippen molar-refractivity contribution in [3.8, 4) is 0 Å². The van der Waals surface area contributed by atoms with E-state index in [2.05, 4.69) is 16.9 Å². The molecule has 1 aliphatic heterocycles. The number of benzene rings is 1. The second-order valence-corrected chi connectivity index (χ2v) is 9.52. The molecule has 1 amide bonds. The Kier molecular flexibility index (Phi) is 6.79. The Morgan fingerprint density at radius 3 is 2.75 bits per heavy atom. The van der Waals surface area contributed by atoms with E-state index in [0.29, 0.717) is 36.9 Å².